The lowest BCUT2D eigenvalue weighted by Crippen LogP contribution is -2.36. The molecule has 1 aromatic heterocycles. The first kappa shape index (κ1) is 17.7. The van der Waals surface area contributed by atoms with Crippen molar-refractivity contribution in [2.45, 2.75) is 26.5 Å². The molecule has 0 aliphatic rings. The Morgan fingerprint density at radius 1 is 1.23 bits per heavy atom. The van der Waals surface area contributed by atoms with Gasteiger partial charge in [0, 0.05) is 18.3 Å². The standard InChI is InChI=1S/C20H20FN3O2/c1-14-13-24(18-9-4-3-5-10-18)23-20(14)26-15(2)19(25)22-12-16-7-6-8-17(21)11-16/h3-11,13,15H,12H2,1-2H3,(H,22,25)/t15-/m1/s1. The number of hydrogen-bond acceptors (Lipinski definition) is 3. The molecule has 0 aliphatic carbocycles. The van der Waals surface area contributed by atoms with E-state index in [4.69, 9.17) is 4.74 Å². The number of carbonyl (C=O) groups excluding carboxylic acids is 1. The van der Waals surface area contributed by atoms with Gasteiger partial charge in [0.05, 0.1) is 5.69 Å². The molecule has 0 saturated heterocycles. The fraction of sp³-hybridized carbons (Fsp3) is 0.200. The molecule has 2 aromatic carbocycles. The summed E-state index contributed by atoms with van der Waals surface area (Å²) in [6.07, 6.45) is 1.13. The maximum Gasteiger partial charge on any atom is 0.261 e. The smallest absolute Gasteiger partial charge is 0.261 e. The molecule has 6 heteroatoms. The van der Waals surface area contributed by atoms with Gasteiger partial charge in [-0.25, -0.2) is 9.07 Å². The topological polar surface area (TPSA) is 56.2 Å². The Morgan fingerprint density at radius 2 is 2.00 bits per heavy atom. The zero-order valence-electron chi connectivity index (χ0n) is 14.6. The number of ether oxygens (including phenoxy) is 1. The molecule has 1 heterocycles. The van der Waals surface area contributed by atoms with E-state index in [-0.39, 0.29) is 18.3 Å². The summed E-state index contributed by atoms with van der Waals surface area (Å²) in [5.74, 6) is -0.215. The van der Waals surface area contributed by atoms with Gasteiger partial charge in [0.25, 0.3) is 5.91 Å². The molecule has 1 amide bonds. The lowest BCUT2D eigenvalue weighted by molar-refractivity contribution is -0.127. The van der Waals surface area contributed by atoms with Crippen molar-refractivity contribution >= 4 is 5.91 Å². The van der Waals surface area contributed by atoms with Gasteiger partial charge < -0.3 is 10.1 Å². The van der Waals surface area contributed by atoms with Crippen LogP contribution in [-0.2, 0) is 11.3 Å². The second-order valence-corrected chi connectivity index (χ2v) is 6.01. The molecular formula is C20H20FN3O2. The lowest BCUT2D eigenvalue weighted by Gasteiger charge is -2.13. The van der Waals surface area contributed by atoms with Crippen molar-refractivity contribution in [3.8, 4) is 11.6 Å². The van der Waals surface area contributed by atoms with Crippen LogP contribution < -0.4 is 10.1 Å². The zero-order valence-corrected chi connectivity index (χ0v) is 14.6. The number of amides is 1. The fourth-order valence-corrected chi connectivity index (χ4v) is 2.47. The van der Waals surface area contributed by atoms with E-state index < -0.39 is 6.10 Å². The van der Waals surface area contributed by atoms with Crippen molar-refractivity contribution < 1.29 is 13.9 Å². The number of nitrogens with one attached hydrogen (secondary N) is 1. The van der Waals surface area contributed by atoms with E-state index in [2.05, 4.69) is 10.4 Å². The van der Waals surface area contributed by atoms with Crippen molar-refractivity contribution in [2.24, 2.45) is 0 Å². The lowest BCUT2D eigenvalue weighted by atomic mass is 10.2. The van der Waals surface area contributed by atoms with Crippen LogP contribution in [0.3, 0.4) is 0 Å². The van der Waals surface area contributed by atoms with Crippen LogP contribution >= 0.6 is 0 Å². The Bertz CT molecular complexity index is 893. The average Bonchev–Trinajstić information content (AvgIpc) is 3.01. The number of carbonyl (C=O) groups is 1. The number of aryl methyl sites for hydroxylation is 1. The van der Waals surface area contributed by atoms with Crippen molar-refractivity contribution in [3.63, 3.8) is 0 Å². The van der Waals surface area contributed by atoms with Crippen molar-refractivity contribution in [2.75, 3.05) is 0 Å². The molecular weight excluding hydrogens is 333 g/mol. The molecule has 0 aliphatic heterocycles. The van der Waals surface area contributed by atoms with Crippen LogP contribution in [0.1, 0.15) is 18.1 Å². The summed E-state index contributed by atoms with van der Waals surface area (Å²) >= 11 is 0. The van der Waals surface area contributed by atoms with Crippen molar-refractivity contribution in [3.05, 3.63) is 77.7 Å². The third-order valence-corrected chi connectivity index (χ3v) is 3.89. The molecule has 0 saturated carbocycles. The van der Waals surface area contributed by atoms with Gasteiger partial charge in [-0.3, -0.25) is 4.79 Å². The molecule has 26 heavy (non-hydrogen) atoms. The van der Waals surface area contributed by atoms with E-state index >= 15 is 0 Å². The highest BCUT2D eigenvalue weighted by atomic mass is 19.1. The Balaban J connectivity index is 1.61. The minimum Gasteiger partial charge on any atom is -0.463 e. The van der Waals surface area contributed by atoms with Crippen LogP contribution in [0.2, 0.25) is 0 Å². The second kappa shape index (κ2) is 7.82. The van der Waals surface area contributed by atoms with Gasteiger partial charge in [-0.2, -0.15) is 0 Å². The second-order valence-electron chi connectivity index (χ2n) is 6.01. The average molecular weight is 353 g/mol. The number of para-hydroxylation sites is 1. The zero-order chi connectivity index (χ0) is 18.5. The summed E-state index contributed by atoms with van der Waals surface area (Å²) in [6, 6.07) is 15.8. The van der Waals surface area contributed by atoms with Crippen LogP contribution in [0, 0.1) is 12.7 Å². The van der Waals surface area contributed by atoms with Gasteiger partial charge in [-0.1, -0.05) is 30.3 Å². The predicted octanol–water partition coefficient (Wildman–Crippen LogP) is 3.40. The highest BCUT2D eigenvalue weighted by Gasteiger charge is 2.18. The van der Waals surface area contributed by atoms with E-state index in [1.54, 1.807) is 23.7 Å². The molecule has 0 fully saturated rings. The van der Waals surface area contributed by atoms with Crippen LogP contribution in [0.4, 0.5) is 4.39 Å². The third-order valence-electron chi connectivity index (χ3n) is 3.89. The number of aromatic nitrogens is 2. The Hall–Kier alpha value is -3.15. The van der Waals surface area contributed by atoms with E-state index in [1.165, 1.54) is 12.1 Å². The maximum absolute atomic E-state index is 13.2. The van der Waals surface area contributed by atoms with Gasteiger partial charge in [0.15, 0.2) is 6.10 Å². The molecule has 1 N–H and O–H groups in total. The van der Waals surface area contributed by atoms with E-state index in [9.17, 15) is 9.18 Å². The van der Waals surface area contributed by atoms with Crippen molar-refractivity contribution in [1.29, 1.82) is 0 Å². The predicted molar refractivity (Wildman–Crippen MR) is 96.6 cm³/mol. The van der Waals surface area contributed by atoms with Gasteiger partial charge in [0.1, 0.15) is 5.82 Å². The minimum atomic E-state index is -0.721. The molecule has 134 valence electrons. The molecule has 0 spiro atoms. The first-order chi connectivity index (χ1) is 12.5. The molecule has 5 nitrogen and oxygen atoms in total. The SMILES string of the molecule is Cc1cn(-c2ccccc2)nc1O[C@H](C)C(=O)NCc1cccc(F)c1. The van der Waals surface area contributed by atoms with Gasteiger partial charge in [-0.05, 0) is 43.7 Å². The molecule has 1 atom stereocenters. The van der Waals surface area contributed by atoms with Crippen LogP contribution in [-0.4, -0.2) is 21.8 Å². The number of benzene rings is 2. The molecule has 3 aromatic rings. The van der Waals surface area contributed by atoms with E-state index in [1.807, 2.05) is 43.5 Å². The Labute approximate surface area is 151 Å². The number of halogens is 1. The normalized spacial score (nSPS) is 11.8. The summed E-state index contributed by atoms with van der Waals surface area (Å²) in [5, 5.41) is 7.14. The molecule has 0 bridgehead atoms. The summed E-state index contributed by atoms with van der Waals surface area (Å²) < 4.78 is 20.6. The summed E-state index contributed by atoms with van der Waals surface area (Å²) in [7, 11) is 0. The fourth-order valence-electron chi connectivity index (χ4n) is 2.47. The number of nitrogens with zero attached hydrogens (tertiary/aromatic N) is 2. The molecule has 3 rings (SSSR count). The molecule has 0 radical (unpaired) electrons. The highest BCUT2D eigenvalue weighted by molar-refractivity contribution is 5.80. The summed E-state index contributed by atoms with van der Waals surface area (Å²) in [5.41, 5.74) is 2.43. The van der Waals surface area contributed by atoms with Gasteiger partial charge in [-0.15, -0.1) is 5.10 Å². The van der Waals surface area contributed by atoms with E-state index in [0.29, 0.717) is 11.4 Å². The first-order valence-electron chi connectivity index (χ1n) is 8.33. The largest absolute Gasteiger partial charge is 0.463 e. The summed E-state index contributed by atoms with van der Waals surface area (Å²) in [4.78, 5) is 12.2. The maximum atomic E-state index is 13.2. The monoisotopic (exact) mass is 353 g/mol. The van der Waals surface area contributed by atoms with Crippen molar-refractivity contribution in [1.82, 2.24) is 15.1 Å². The number of hydrogen-bond donors (Lipinski definition) is 1. The van der Waals surface area contributed by atoms with Gasteiger partial charge >= 0.3 is 0 Å². The Kier molecular flexibility index (Phi) is 5.31. The third kappa shape index (κ3) is 4.27. The van der Waals surface area contributed by atoms with Crippen LogP contribution in [0.15, 0.2) is 60.8 Å². The van der Waals surface area contributed by atoms with E-state index in [0.717, 1.165) is 11.3 Å². The molecule has 0 unspecified atom stereocenters. The highest BCUT2D eigenvalue weighted by Crippen LogP contribution is 2.19. The first-order valence-corrected chi connectivity index (χ1v) is 8.33. The minimum absolute atomic E-state index is 0.238. The quantitative estimate of drug-likeness (QED) is 0.739. The van der Waals surface area contributed by atoms with Gasteiger partial charge in [0.2, 0.25) is 5.88 Å². The van der Waals surface area contributed by atoms with Crippen LogP contribution in [0.25, 0.3) is 5.69 Å². The van der Waals surface area contributed by atoms with Crippen LogP contribution in [0.5, 0.6) is 5.88 Å². The summed E-state index contributed by atoms with van der Waals surface area (Å²) in [6.45, 7) is 3.77. The number of rotatable bonds is 6. The Morgan fingerprint density at radius 3 is 2.73 bits per heavy atom.